The summed E-state index contributed by atoms with van der Waals surface area (Å²) < 4.78 is 42.0. The van der Waals surface area contributed by atoms with Gasteiger partial charge in [-0.05, 0) is 29.8 Å². The number of nitrogens with zero attached hydrogens (tertiary/aromatic N) is 3. The van der Waals surface area contributed by atoms with Crippen LogP contribution >= 0.6 is 11.3 Å². The van der Waals surface area contributed by atoms with Crippen LogP contribution in [0.5, 0.6) is 0 Å². The minimum Gasteiger partial charge on any atom is -0.356 e. The SMILES string of the molecule is O=S(=O)(Nc1ccccc1)c1cnc2sc(NCc3ccc(F)cc3)nn12. The third kappa shape index (κ3) is 3.76. The van der Waals surface area contributed by atoms with Crippen LogP contribution in [-0.2, 0) is 16.6 Å². The van der Waals surface area contributed by atoms with Crippen molar-refractivity contribution in [3.05, 3.63) is 72.2 Å². The summed E-state index contributed by atoms with van der Waals surface area (Å²) in [7, 11) is -3.83. The Bertz CT molecular complexity index is 1170. The van der Waals surface area contributed by atoms with Crippen molar-refractivity contribution in [1.82, 2.24) is 14.6 Å². The summed E-state index contributed by atoms with van der Waals surface area (Å²) in [5.74, 6) is -0.299. The van der Waals surface area contributed by atoms with Crippen molar-refractivity contribution >= 4 is 37.1 Å². The van der Waals surface area contributed by atoms with Gasteiger partial charge in [-0.1, -0.05) is 41.7 Å². The zero-order valence-electron chi connectivity index (χ0n) is 13.8. The Morgan fingerprint density at radius 3 is 2.56 bits per heavy atom. The maximum Gasteiger partial charge on any atom is 0.281 e. The summed E-state index contributed by atoms with van der Waals surface area (Å²) in [6.45, 7) is 0.432. The van der Waals surface area contributed by atoms with E-state index in [0.29, 0.717) is 22.3 Å². The molecule has 0 spiro atoms. The van der Waals surface area contributed by atoms with Crippen LogP contribution in [0, 0.1) is 5.82 Å². The van der Waals surface area contributed by atoms with Gasteiger partial charge in [-0.3, -0.25) is 4.72 Å². The molecule has 0 radical (unpaired) electrons. The standard InChI is InChI=1S/C17H14FN5O2S2/c18-13-8-6-12(7-9-13)10-19-16-21-23-15(11-20-17(23)26-16)27(24,25)22-14-4-2-1-3-5-14/h1-9,11,22H,10H2,(H,19,21). The number of nitrogens with one attached hydrogen (secondary N) is 2. The molecule has 4 rings (SSSR count). The van der Waals surface area contributed by atoms with E-state index in [4.69, 9.17) is 0 Å². The van der Waals surface area contributed by atoms with Gasteiger partial charge in [-0.15, -0.1) is 5.10 Å². The Morgan fingerprint density at radius 1 is 1.07 bits per heavy atom. The molecule has 0 amide bonds. The van der Waals surface area contributed by atoms with Gasteiger partial charge in [0.2, 0.25) is 10.1 Å². The molecule has 4 aromatic rings. The van der Waals surface area contributed by atoms with E-state index in [1.54, 1.807) is 42.5 Å². The summed E-state index contributed by atoms with van der Waals surface area (Å²) in [6, 6.07) is 14.7. The highest BCUT2D eigenvalue weighted by atomic mass is 32.2. The molecular formula is C17H14FN5O2S2. The first-order chi connectivity index (χ1) is 13.0. The van der Waals surface area contributed by atoms with Crippen LogP contribution in [-0.4, -0.2) is 23.0 Å². The number of hydrogen-bond acceptors (Lipinski definition) is 6. The number of anilines is 2. The molecule has 0 fully saturated rings. The number of benzene rings is 2. The van der Waals surface area contributed by atoms with E-state index < -0.39 is 10.0 Å². The van der Waals surface area contributed by atoms with E-state index >= 15 is 0 Å². The highest BCUT2D eigenvalue weighted by Crippen LogP contribution is 2.24. The summed E-state index contributed by atoms with van der Waals surface area (Å²) >= 11 is 1.23. The molecule has 0 unspecified atom stereocenters. The molecule has 7 nitrogen and oxygen atoms in total. The Kier molecular flexibility index (Phi) is 4.50. The molecule has 0 saturated heterocycles. The van der Waals surface area contributed by atoms with E-state index in [2.05, 4.69) is 20.1 Å². The first-order valence-corrected chi connectivity index (χ1v) is 10.2. The quantitative estimate of drug-likeness (QED) is 0.515. The van der Waals surface area contributed by atoms with Gasteiger partial charge in [0, 0.05) is 12.2 Å². The van der Waals surface area contributed by atoms with Crippen molar-refractivity contribution in [3.8, 4) is 0 Å². The van der Waals surface area contributed by atoms with Gasteiger partial charge in [0.15, 0.2) is 5.03 Å². The number of para-hydroxylation sites is 1. The van der Waals surface area contributed by atoms with E-state index in [-0.39, 0.29) is 10.8 Å². The molecule has 0 saturated carbocycles. The average Bonchev–Trinajstić information content (AvgIpc) is 3.22. The molecule has 10 heteroatoms. The van der Waals surface area contributed by atoms with E-state index in [0.717, 1.165) is 5.56 Å². The van der Waals surface area contributed by atoms with Crippen LogP contribution < -0.4 is 10.0 Å². The van der Waals surface area contributed by atoms with Crippen molar-refractivity contribution in [2.24, 2.45) is 0 Å². The van der Waals surface area contributed by atoms with E-state index in [1.165, 1.54) is 34.2 Å². The number of imidazole rings is 1. The van der Waals surface area contributed by atoms with Gasteiger partial charge in [0.05, 0.1) is 6.20 Å². The third-order valence-corrected chi connectivity index (χ3v) is 5.93. The fourth-order valence-corrected chi connectivity index (χ4v) is 4.35. The fraction of sp³-hybridized carbons (Fsp3) is 0.0588. The second-order valence-electron chi connectivity index (χ2n) is 5.65. The molecule has 0 aliphatic rings. The van der Waals surface area contributed by atoms with Crippen molar-refractivity contribution < 1.29 is 12.8 Å². The van der Waals surface area contributed by atoms with Gasteiger partial charge in [0.1, 0.15) is 5.82 Å². The Morgan fingerprint density at radius 2 is 1.81 bits per heavy atom. The number of rotatable bonds is 6. The Hall–Kier alpha value is -2.98. The van der Waals surface area contributed by atoms with Crippen LogP contribution in [0.1, 0.15) is 5.56 Å². The molecule has 2 aromatic carbocycles. The summed E-state index contributed by atoms with van der Waals surface area (Å²) in [6.07, 6.45) is 1.27. The molecule has 2 N–H and O–H groups in total. The maximum atomic E-state index is 13.0. The van der Waals surface area contributed by atoms with Crippen molar-refractivity contribution in [2.75, 3.05) is 10.0 Å². The fourth-order valence-electron chi connectivity index (χ4n) is 2.42. The summed E-state index contributed by atoms with van der Waals surface area (Å²) in [4.78, 5) is 4.57. The van der Waals surface area contributed by atoms with Gasteiger partial charge in [-0.25, -0.2) is 9.37 Å². The first-order valence-electron chi connectivity index (χ1n) is 7.92. The van der Waals surface area contributed by atoms with E-state index in [9.17, 15) is 12.8 Å². The molecule has 0 aliphatic carbocycles. The lowest BCUT2D eigenvalue weighted by atomic mass is 10.2. The van der Waals surface area contributed by atoms with Gasteiger partial charge in [0.25, 0.3) is 10.0 Å². The summed E-state index contributed by atoms with van der Waals surface area (Å²) in [5, 5.41) is 7.84. The topological polar surface area (TPSA) is 88.4 Å². The zero-order chi connectivity index (χ0) is 18.9. The smallest absolute Gasteiger partial charge is 0.281 e. The maximum absolute atomic E-state index is 13.0. The van der Waals surface area contributed by atoms with Gasteiger partial charge >= 0.3 is 0 Å². The number of aromatic nitrogens is 3. The average molecular weight is 403 g/mol. The van der Waals surface area contributed by atoms with Gasteiger partial charge < -0.3 is 5.32 Å². The Labute approximate surface area is 158 Å². The molecule has 0 bridgehead atoms. The number of fused-ring (bicyclic) bond motifs is 1. The highest BCUT2D eigenvalue weighted by Gasteiger charge is 2.22. The number of halogens is 1. The van der Waals surface area contributed by atoms with E-state index in [1.807, 2.05) is 0 Å². The second kappa shape index (κ2) is 6.97. The Balaban J connectivity index is 1.55. The normalized spacial score (nSPS) is 11.6. The molecule has 27 heavy (non-hydrogen) atoms. The lowest BCUT2D eigenvalue weighted by molar-refractivity contribution is 0.594. The first kappa shape index (κ1) is 17.4. The monoisotopic (exact) mass is 403 g/mol. The van der Waals surface area contributed by atoms with Crippen molar-refractivity contribution in [3.63, 3.8) is 0 Å². The van der Waals surface area contributed by atoms with Crippen LogP contribution in [0.4, 0.5) is 15.2 Å². The van der Waals surface area contributed by atoms with Crippen molar-refractivity contribution in [1.29, 1.82) is 0 Å². The minimum atomic E-state index is -3.83. The van der Waals surface area contributed by atoms with Crippen LogP contribution in [0.3, 0.4) is 0 Å². The lowest BCUT2D eigenvalue weighted by Gasteiger charge is -2.06. The zero-order valence-corrected chi connectivity index (χ0v) is 15.5. The van der Waals surface area contributed by atoms with Crippen molar-refractivity contribution in [2.45, 2.75) is 11.6 Å². The predicted molar refractivity (Wildman–Crippen MR) is 102 cm³/mol. The van der Waals surface area contributed by atoms with Crippen LogP contribution in [0.2, 0.25) is 0 Å². The molecule has 0 atom stereocenters. The summed E-state index contributed by atoms with van der Waals surface area (Å²) in [5.41, 5.74) is 1.33. The molecular weight excluding hydrogens is 389 g/mol. The predicted octanol–water partition coefficient (Wildman–Crippen LogP) is 3.34. The van der Waals surface area contributed by atoms with Gasteiger partial charge in [-0.2, -0.15) is 12.9 Å². The van der Waals surface area contributed by atoms with Crippen LogP contribution in [0.25, 0.3) is 4.96 Å². The minimum absolute atomic E-state index is 0.0487. The third-order valence-electron chi connectivity index (χ3n) is 3.71. The molecule has 2 aromatic heterocycles. The lowest BCUT2D eigenvalue weighted by Crippen LogP contribution is -2.15. The molecule has 0 aliphatic heterocycles. The highest BCUT2D eigenvalue weighted by molar-refractivity contribution is 7.92. The number of sulfonamides is 1. The molecule has 2 heterocycles. The van der Waals surface area contributed by atoms with Crippen LogP contribution in [0.15, 0.2) is 65.8 Å². The largest absolute Gasteiger partial charge is 0.356 e. The second-order valence-corrected chi connectivity index (χ2v) is 8.23. The number of hydrogen-bond donors (Lipinski definition) is 2. The molecule has 138 valence electrons.